The van der Waals surface area contributed by atoms with Gasteiger partial charge in [-0.3, -0.25) is 5.10 Å². The Morgan fingerprint density at radius 2 is 1.89 bits per heavy atom. The van der Waals surface area contributed by atoms with Gasteiger partial charge < -0.3 is 19.9 Å². The Bertz CT molecular complexity index is 1500. The lowest BCUT2D eigenvalue weighted by atomic mass is 9.83. The van der Waals surface area contributed by atoms with Crippen LogP contribution in [0.2, 0.25) is 0 Å². The molecule has 180 valence electrons. The number of allylic oxidation sites excluding steroid dienone is 1. The molecule has 0 saturated heterocycles. The van der Waals surface area contributed by atoms with Crippen LogP contribution in [0, 0.1) is 24.1 Å². The molecule has 8 heteroatoms. The number of hydrogen-bond acceptors (Lipinski definition) is 6. The molecule has 0 radical (unpaired) electrons. The van der Waals surface area contributed by atoms with Gasteiger partial charge in [-0.1, -0.05) is 54.1 Å². The second kappa shape index (κ2) is 9.47. The molecule has 1 aromatic heterocycles. The monoisotopic (exact) mass is 482 g/mol. The summed E-state index contributed by atoms with van der Waals surface area (Å²) in [5, 5.41) is 17.3. The van der Waals surface area contributed by atoms with Crippen molar-refractivity contribution in [2.24, 2.45) is 5.73 Å². The third kappa shape index (κ3) is 4.12. The van der Waals surface area contributed by atoms with Crippen LogP contribution in [-0.4, -0.2) is 17.3 Å². The average Bonchev–Trinajstić information content (AvgIpc) is 3.31. The third-order valence-electron chi connectivity index (χ3n) is 6.14. The summed E-state index contributed by atoms with van der Waals surface area (Å²) in [6.45, 7) is 2.05. The van der Waals surface area contributed by atoms with Crippen molar-refractivity contribution in [3.05, 3.63) is 106 Å². The molecule has 7 nitrogen and oxygen atoms in total. The first kappa shape index (κ1) is 23.0. The molecule has 36 heavy (non-hydrogen) atoms. The first-order valence-corrected chi connectivity index (χ1v) is 11.3. The number of aryl methyl sites for hydroxylation is 1. The molecule has 1 aliphatic rings. The third-order valence-corrected chi connectivity index (χ3v) is 6.14. The summed E-state index contributed by atoms with van der Waals surface area (Å²) in [7, 11) is 1.52. The zero-order valence-electron chi connectivity index (χ0n) is 19.7. The van der Waals surface area contributed by atoms with Crippen LogP contribution in [-0.2, 0) is 6.61 Å². The summed E-state index contributed by atoms with van der Waals surface area (Å²) >= 11 is 0. The van der Waals surface area contributed by atoms with Crippen molar-refractivity contribution in [1.82, 2.24) is 10.2 Å². The fraction of sp³-hybridized carbons (Fsp3) is 0.143. The zero-order chi connectivity index (χ0) is 25.2. The number of hydrogen-bond donors (Lipinski definition) is 2. The summed E-state index contributed by atoms with van der Waals surface area (Å²) < 4.78 is 31.2. The highest BCUT2D eigenvalue weighted by molar-refractivity contribution is 5.71. The van der Waals surface area contributed by atoms with Crippen LogP contribution in [0.4, 0.5) is 4.39 Å². The molecule has 2 heterocycles. The van der Waals surface area contributed by atoms with Crippen molar-refractivity contribution in [2.75, 3.05) is 7.11 Å². The number of nitrogens with two attached hydrogens (primary N) is 1. The van der Waals surface area contributed by atoms with Crippen molar-refractivity contribution < 1.29 is 18.6 Å². The zero-order valence-corrected chi connectivity index (χ0v) is 19.7. The Labute approximate surface area is 207 Å². The topological polar surface area (TPSA) is 106 Å². The van der Waals surface area contributed by atoms with Gasteiger partial charge in [0.1, 0.15) is 24.1 Å². The van der Waals surface area contributed by atoms with Crippen molar-refractivity contribution >= 4 is 0 Å². The molecule has 0 amide bonds. The molecule has 1 unspecified atom stereocenters. The minimum absolute atomic E-state index is 0.00389. The standard InChI is InChI=1S/C28H23FN4O3/c1-16-7-9-17(10-8-16)26-25-24(20(14-30)27(31)36-28(25)33-32-26)18-11-12-22(23(13-18)34-2)35-15-19-5-3-4-6-21(19)29/h3-13,24H,15,31H2,1-2H3,(H,32,33). The Morgan fingerprint density at radius 1 is 1.11 bits per heavy atom. The van der Waals surface area contributed by atoms with Gasteiger partial charge in [-0.05, 0) is 30.7 Å². The summed E-state index contributed by atoms with van der Waals surface area (Å²) in [5.74, 6) is 0.294. The lowest BCUT2D eigenvalue weighted by Crippen LogP contribution is -2.21. The highest BCUT2D eigenvalue weighted by Gasteiger charge is 2.36. The van der Waals surface area contributed by atoms with Crippen molar-refractivity contribution in [3.8, 4) is 34.7 Å². The van der Waals surface area contributed by atoms with Gasteiger partial charge in [-0.15, -0.1) is 5.10 Å². The van der Waals surface area contributed by atoms with E-state index in [-0.39, 0.29) is 23.9 Å². The normalized spacial score (nSPS) is 14.6. The van der Waals surface area contributed by atoms with E-state index in [1.165, 1.54) is 13.2 Å². The van der Waals surface area contributed by atoms with E-state index in [9.17, 15) is 9.65 Å². The summed E-state index contributed by atoms with van der Waals surface area (Å²) in [6.07, 6.45) is 0. The lowest BCUT2D eigenvalue weighted by molar-refractivity contribution is 0.279. The van der Waals surface area contributed by atoms with Gasteiger partial charge in [0.2, 0.25) is 11.8 Å². The number of aromatic amines is 1. The van der Waals surface area contributed by atoms with Gasteiger partial charge in [-0.2, -0.15) is 5.26 Å². The Balaban J connectivity index is 1.56. The van der Waals surface area contributed by atoms with Crippen LogP contribution in [0.25, 0.3) is 11.3 Å². The van der Waals surface area contributed by atoms with Gasteiger partial charge in [0.05, 0.1) is 24.3 Å². The number of nitriles is 1. The molecule has 0 saturated carbocycles. The van der Waals surface area contributed by atoms with E-state index < -0.39 is 5.92 Å². The van der Waals surface area contributed by atoms with E-state index in [1.807, 2.05) is 37.3 Å². The SMILES string of the molecule is COc1cc(C2C(C#N)=C(N)Oc3n[nH]c(-c4ccc(C)cc4)c32)ccc1OCc1ccccc1F. The molecule has 0 aliphatic carbocycles. The molecular weight excluding hydrogens is 459 g/mol. The Morgan fingerprint density at radius 3 is 2.61 bits per heavy atom. The van der Waals surface area contributed by atoms with E-state index in [4.69, 9.17) is 19.9 Å². The van der Waals surface area contributed by atoms with E-state index in [2.05, 4.69) is 16.3 Å². The molecule has 0 bridgehead atoms. The number of fused-ring (bicyclic) bond motifs is 1. The van der Waals surface area contributed by atoms with E-state index in [1.54, 1.807) is 30.3 Å². The van der Waals surface area contributed by atoms with Gasteiger partial charge in [0, 0.05) is 11.1 Å². The van der Waals surface area contributed by atoms with E-state index >= 15 is 0 Å². The largest absolute Gasteiger partial charge is 0.493 e. The minimum Gasteiger partial charge on any atom is -0.493 e. The first-order valence-electron chi connectivity index (χ1n) is 11.3. The maximum Gasteiger partial charge on any atom is 0.244 e. The summed E-state index contributed by atoms with van der Waals surface area (Å²) in [5.41, 5.74) is 11.0. The minimum atomic E-state index is -0.552. The summed E-state index contributed by atoms with van der Waals surface area (Å²) in [4.78, 5) is 0. The average molecular weight is 483 g/mol. The quantitative estimate of drug-likeness (QED) is 0.385. The number of nitrogens with one attached hydrogen (secondary N) is 1. The van der Waals surface area contributed by atoms with Crippen LogP contribution in [0.5, 0.6) is 17.4 Å². The highest BCUT2D eigenvalue weighted by atomic mass is 19.1. The first-order chi connectivity index (χ1) is 17.5. The van der Waals surface area contributed by atoms with Crippen LogP contribution >= 0.6 is 0 Å². The van der Waals surface area contributed by atoms with Crippen LogP contribution in [0.1, 0.15) is 28.2 Å². The number of aromatic nitrogens is 2. The number of methoxy groups -OCH3 is 1. The maximum absolute atomic E-state index is 14.0. The lowest BCUT2D eigenvalue weighted by Gasteiger charge is -2.25. The molecule has 0 fully saturated rings. The number of rotatable bonds is 6. The van der Waals surface area contributed by atoms with E-state index in [0.717, 1.165) is 22.4 Å². The predicted molar refractivity (Wildman–Crippen MR) is 132 cm³/mol. The van der Waals surface area contributed by atoms with Gasteiger partial charge in [0.15, 0.2) is 11.5 Å². The van der Waals surface area contributed by atoms with Gasteiger partial charge in [0.25, 0.3) is 0 Å². The highest BCUT2D eigenvalue weighted by Crippen LogP contribution is 2.47. The Kier molecular flexibility index (Phi) is 6.05. The Hall–Kier alpha value is -4.77. The van der Waals surface area contributed by atoms with Crippen molar-refractivity contribution in [1.29, 1.82) is 5.26 Å². The maximum atomic E-state index is 14.0. The number of ether oxygens (including phenoxy) is 3. The number of H-pyrrole nitrogens is 1. The number of nitrogens with zero attached hydrogens (tertiary/aromatic N) is 2. The molecule has 3 aromatic carbocycles. The van der Waals surface area contributed by atoms with Crippen molar-refractivity contribution in [3.63, 3.8) is 0 Å². The number of halogens is 1. The second-order valence-electron chi connectivity index (χ2n) is 8.40. The van der Waals surface area contributed by atoms with Crippen molar-refractivity contribution in [2.45, 2.75) is 19.4 Å². The smallest absolute Gasteiger partial charge is 0.244 e. The molecular formula is C28H23FN4O3. The van der Waals surface area contributed by atoms with Crippen LogP contribution in [0.3, 0.4) is 0 Å². The molecule has 1 aliphatic heterocycles. The van der Waals surface area contributed by atoms with Crippen LogP contribution < -0.4 is 19.9 Å². The molecule has 5 rings (SSSR count). The predicted octanol–water partition coefficient (Wildman–Crippen LogP) is 5.33. The molecule has 1 atom stereocenters. The number of benzene rings is 3. The van der Waals surface area contributed by atoms with Crippen LogP contribution in [0.15, 0.2) is 78.2 Å². The summed E-state index contributed by atoms with van der Waals surface area (Å²) in [6, 6.07) is 21.9. The fourth-order valence-corrected chi connectivity index (χ4v) is 4.27. The van der Waals surface area contributed by atoms with Gasteiger partial charge >= 0.3 is 0 Å². The van der Waals surface area contributed by atoms with Gasteiger partial charge in [-0.25, -0.2) is 4.39 Å². The molecule has 3 N–H and O–H groups in total. The molecule has 0 spiro atoms. The van der Waals surface area contributed by atoms with E-state index in [0.29, 0.717) is 28.5 Å². The fourth-order valence-electron chi connectivity index (χ4n) is 4.27. The second-order valence-corrected chi connectivity index (χ2v) is 8.40. The molecule has 4 aromatic rings.